The molecular formula is C17H27BrN2O. The van der Waals surface area contributed by atoms with Crippen LogP contribution in [0.5, 0.6) is 5.75 Å². The van der Waals surface area contributed by atoms with Crippen LogP contribution >= 0.6 is 15.9 Å². The van der Waals surface area contributed by atoms with E-state index in [4.69, 9.17) is 0 Å². The largest absolute Gasteiger partial charge is 0.508 e. The molecule has 118 valence electrons. The molecule has 1 aromatic rings. The molecule has 0 aliphatic heterocycles. The monoisotopic (exact) mass is 354 g/mol. The van der Waals surface area contributed by atoms with Gasteiger partial charge in [-0.05, 0) is 49.9 Å². The molecule has 2 atom stereocenters. The van der Waals surface area contributed by atoms with Gasteiger partial charge in [-0.25, -0.2) is 0 Å². The molecule has 4 heteroatoms. The van der Waals surface area contributed by atoms with Gasteiger partial charge in [-0.15, -0.1) is 0 Å². The van der Waals surface area contributed by atoms with E-state index in [1.165, 1.54) is 6.42 Å². The molecular weight excluding hydrogens is 328 g/mol. The van der Waals surface area contributed by atoms with Crippen molar-refractivity contribution in [3.05, 3.63) is 28.2 Å². The van der Waals surface area contributed by atoms with Crippen molar-refractivity contribution < 1.29 is 5.11 Å². The van der Waals surface area contributed by atoms with Crippen molar-refractivity contribution in [1.82, 2.24) is 10.6 Å². The van der Waals surface area contributed by atoms with Gasteiger partial charge in [0.25, 0.3) is 0 Å². The minimum atomic E-state index is 0.165. The first-order chi connectivity index (χ1) is 9.80. The molecule has 1 saturated carbocycles. The third-order valence-corrected chi connectivity index (χ3v) is 5.87. The fourth-order valence-electron chi connectivity index (χ4n) is 3.49. The highest BCUT2D eigenvalue weighted by Gasteiger charge is 2.50. The van der Waals surface area contributed by atoms with E-state index in [2.05, 4.69) is 54.3 Å². The number of rotatable bonds is 5. The second kappa shape index (κ2) is 6.27. The van der Waals surface area contributed by atoms with Crippen LogP contribution in [-0.2, 0) is 6.54 Å². The third-order valence-electron chi connectivity index (χ3n) is 5.37. The highest BCUT2D eigenvalue weighted by molar-refractivity contribution is 9.10. The van der Waals surface area contributed by atoms with E-state index in [1.54, 1.807) is 6.07 Å². The lowest BCUT2D eigenvalue weighted by atomic mass is 9.74. The Labute approximate surface area is 136 Å². The average molecular weight is 355 g/mol. The molecule has 1 aliphatic rings. The summed E-state index contributed by atoms with van der Waals surface area (Å²) in [7, 11) is 0. The molecule has 0 heterocycles. The Morgan fingerprint density at radius 3 is 2.71 bits per heavy atom. The Kier molecular flexibility index (Phi) is 5.01. The smallest absolute Gasteiger partial charge is 0.120 e. The maximum absolute atomic E-state index is 9.95. The molecule has 0 spiro atoms. The lowest BCUT2D eigenvalue weighted by Crippen LogP contribution is -2.55. The van der Waals surface area contributed by atoms with E-state index in [9.17, 15) is 5.11 Å². The molecule has 1 aromatic carbocycles. The maximum atomic E-state index is 9.95. The molecule has 1 fully saturated rings. The van der Waals surface area contributed by atoms with Crippen LogP contribution in [0.2, 0.25) is 0 Å². The fourth-order valence-corrected chi connectivity index (χ4v) is 3.90. The molecule has 0 unspecified atom stereocenters. The van der Waals surface area contributed by atoms with Gasteiger partial charge in [0.1, 0.15) is 5.75 Å². The molecule has 0 amide bonds. The molecule has 0 bridgehead atoms. The zero-order valence-corrected chi connectivity index (χ0v) is 15.0. The highest BCUT2D eigenvalue weighted by Crippen LogP contribution is 2.46. The van der Waals surface area contributed by atoms with Crippen molar-refractivity contribution in [2.75, 3.05) is 6.54 Å². The minimum Gasteiger partial charge on any atom is -0.508 e. The van der Waals surface area contributed by atoms with Crippen LogP contribution < -0.4 is 10.6 Å². The summed E-state index contributed by atoms with van der Waals surface area (Å²) in [5, 5.41) is 17.3. The SMILES string of the molecule is CCN[C@]1(C)CC[C@H](NCc2cc(Br)ccc2O)C1(C)C. The van der Waals surface area contributed by atoms with Crippen molar-refractivity contribution in [2.24, 2.45) is 5.41 Å². The second-order valence-corrected chi connectivity index (χ2v) is 7.74. The summed E-state index contributed by atoms with van der Waals surface area (Å²) < 4.78 is 1.00. The van der Waals surface area contributed by atoms with Gasteiger partial charge < -0.3 is 15.7 Å². The Morgan fingerprint density at radius 1 is 1.33 bits per heavy atom. The lowest BCUT2D eigenvalue weighted by molar-refractivity contribution is 0.146. The topological polar surface area (TPSA) is 44.3 Å². The Morgan fingerprint density at radius 2 is 2.05 bits per heavy atom. The second-order valence-electron chi connectivity index (χ2n) is 6.83. The number of aromatic hydroxyl groups is 1. The first-order valence-corrected chi connectivity index (χ1v) is 8.55. The number of benzene rings is 1. The van der Waals surface area contributed by atoms with E-state index in [-0.39, 0.29) is 11.0 Å². The molecule has 0 aromatic heterocycles. The van der Waals surface area contributed by atoms with E-state index < -0.39 is 0 Å². The zero-order valence-electron chi connectivity index (χ0n) is 13.5. The third kappa shape index (κ3) is 3.27. The van der Waals surface area contributed by atoms with Crippen molar-refractivity contribution in [3.8, 4) is 5.75 Å². The van der Waals surface area contributed by atoms with Crippen LogP contribution in [0.25, 0.3) is 0 Å². The molecule has 0 radical (unpaired) electrons. The first kappa shape index (κ1) is 16.8. The maximum Gasteiger partial charge on any atom is 0.120 e. The molecule has 2 rings (SSSR count). The van der Waals surface area contributed by atoms with Gasteiger partial charge in [0.15, 0.2) is 0 Å². The van der Waals surface area contributed by atoms with Crippen LogP contribution in [0.3, 0.4) is 0 Å². The van der Waals surface area contributed by atoms with Crippen molar-refractivity contribution in [2.45, 2.75) is 58.7 Å². The number of hydrogen-bond acceptors (Lipinski definition) is 3. The van der Waals surface area contributed by atoms with E-state index >= 15 is 0 Å². The molecule has 3 N–H and O–H groups in total. The summed E-state index contributed by atoms with van der Waals surface area (Å²) in [6.07, 6.45) is 2.33. The summed E-state index contributed by atoms with van der Waals surface area (Å²) >= 11 is 3.46. The van der Waals surface area contributed by atoms with Crippen LogP contribution in [0.4, 0.5) is 0 Å². The van der Waals surface area contributed by atoms with Gasteiger partial charge in [0, 0.05) is 28.2 Å². The van der Waals surface area contributed by atoms with Crippen LogP contribution in [0, 0.1) is 5.41 Å². The highest BCUT2D eigenvalue weighted by atomic mass is 79.9. The molecule has 1 aliphatic carbocycles. The van der Waals surface area contributed by atoms with Crippen LogP contribution in [0.15, 0.2) is 22.7 Å². The summed E-state index contributed by atoms with van der Waals surface area (Å²) in [4.78, 5) is 0. The standard InChI is InChI=1S/C17H27BrN2O/c1-5-20-17(4)9-8-15(16(17,2)3)19-11-12-10-13(18)6-7-14(12)21/h6-7,10,15,19-21H,5,8-9,11H2,1-4H3/t15-,17+/m0/s1. The van der Waals surface area contributed by atoms with Crippen LogP contribution in [-0.4, -0.2) is 23.2 Å². The van der Waals surface area contributed by atoms with Crippen molar-refractivity contribution in [1.29, 1.82) is 0 Å². The molecule has 3 nitrogen and oxygen atoms in total. The summed E-state index contributed by atoms with van der Waals surface area (Å²) in [6.45, 7) is 10.9. The van der Waals surface area contributed by atoms with Crippen molar-refractivity contribution >= 4 is 15.9 Å². The van der Waals surface area contributed by atoms with Crippen molar-refractivity contribution in [3.63, 3.8) is 0 Å². The molecule has 0 saturated heterocycles. The number of phenolic OH excluding ortho intramolecular Hbond substituents is 1. The predicted octanol–water partition coefficient (Wildman–Crippen LogP) is 3.80. The first-order valence-electron chi connectivity index (χ1n) is 7.76. The molecule has 21 heavy (non-hydrogen) atoms. The van der Waals surface area contributed by atoms with Gasteiger partial charge in [-0.1, -0.05) is 36.7 Å². The average Bonchev–Trinajstić information content (AvgIpc) is 2.63. The summed E-state index contributed by atoms with van der Waals surface area (Å²) in [5.74, 6) is 0.357. The van der Waals surface area contributed by atoms with E-state index in [0.717, 1.165) is 23.0 Å². The zero-order chi connectivity index (χ0) is 15.7. The lowest BCUT2D eigenvalue weighted by Gasteiger charge is -2.42. The fraction of sp³-hybridized carbons (Fsp3) is 0.647. The summed E-state index contributed by atoms with van der Waals surface area (Å²) in [6, 6.07) is 6.03. The number of halogens is 1. The quantitative estimate of drug-likeness (QED) is 0.753. The number of nitrogens with one attached hydrogen (secondary N) is 2. The van der Waals surface area contributed by atoms with E-state index in [0.29, 0.717) is 18.3 Å². The Bertz CT molecular complexity index is 504. The normalized spacial score (nSPS) is 28.0. The Balaban J connectivity index is 2.06. The number of phenols is 1. The predicted molar refractivity (Wildman–Crippen MR) is 91.5 cm³/mol. The van der Waals surface area contributed by atoms with Gasteiger partial charge in [-0.3, -0.25) is 0 Å². The van der Waals surface area contributed by atoms with Gasteiger partial charge in [-0.2, -0.15) is 0 Å². The summed E-state index contributed by atoms with van der Waals surface area (Å²) in [5.41, 5.74) is 1.28. The van der Waals surface area contributed by atoms with Gasteiger partial charge >= 0.3 is 0 Å². The van der Waals surface area contributed by atoms with Crippen LogP contribution in [0.1, 0.15) is 46.1 Å². The number of hydrogen-bond donors (Lipinski definition) is 3. The minimum absolute atomic E-state index is 0.165. The van der Waals surface area contributed by atoms with Gasteiger partial charge in [0.2, 0.25) is 0 Å². The Hall–Kier alpha value is -0.580. The van der Waals surface area contributed by atoms with Gasteiger partial charge in [0.05, 0.1) is 0 Å². The van der Waals surface area contributed by atoms with E-state index in [1.807, 2.05) is 12.1 Å².